The second kappa shape index (κ2) is 7.65. The fourth-order valence-corrected chi connectivity index (χ4v) is 2.45. The van der Waals surface area contributed by atoms with Crippen molar-refractivity contribution in [3.05, 3.63) is 29.3 Å². The van der Waals surface area contributed by atoms with Crippen LogP contribution in [0.15, 0.2) is 18.2 Å². The van der Waals surface area contributed by atoms with E-state index in [1.807, 2.05) is 6.07 Å². The zero-order valence-corrected chi connectivity index (χ0v) is 13.8. The zero-order valence-electron chi connectivity index (χ0n) is 13.8. The molecule has 1 atom stereocenters. The quantitative estimate of drug-likeness (QED) is 0.829. The third-order valence-corrected chi connectivity index (χ3v) is 3.61. The predicted octanol–water partition coefficient (Wildman–Crippen LogP) is 3.28. The molecule has 1 rings (SSSR count). The Hall–Kier alpha value is -1.06. The molecule has 1 unspecified atom stereocenters. The largest absolute Gasteiger partial charge is 0.508 e. The Morgan fingerprint density at radius 2 is 1.75 bits per heavy atom. The minimum absolute atomic E-state index is 0.234. The molecule has 114 valence electrons. The van der Waals surface area contributed by atoms with Crippen LogP contribution < -0.4 is 0 Å². The van der Waals surface area contributed by atoms with Crippen molar-refractivity contribution in [3.8, 4) is 5.75 Å². The molecule has 0 aromatic heterocycles. The van der Waals surface area contributed by atoms with Gasteiger partial charge in [0.1, 0.15) is 5.75 Å². The summed E-state index contributed by atoms with van der Waals surface area (Å²) in [6, 6.07) is 6.10. The fraction of sp³-hybridized carbons (Fsp3) is 0.647. The topological polar surface area (TPSA) is 26.7 Å². The summed E-state index contributed by atoms with van der Waals surface area (Å²) in [6.45, 7) is 11.8. The minimum atomic E-state index is 0.234. The van der Waals surface area contributed by atoms with Crippen LogP contribution in [0.2, 0.25) is 0 Å². The Kier molecular flexibility index (Phi) is 6.50. The first-order valence-corrected chi connectivity index (χ1v) is 7.49. The van der Waals surface area contributed by atoms with Gasteiger partial charge in [0.25, 0.3) is 0 Å². The van der Waals surface area contributed by atoms with E-state index in [1.165, 1.54) is 5.56 Å². The summed E-state index contributed by atoms with van der Waals surface area (Å²) in [5.41, 5.74) is 2.23. The van der Waals surface area contributed by atoms with Crippen molar-refractivity contribution in [2.75, 3.05) is 33.7 Å². The van der Waals surface area contributed by atoms with E-state index in [0.29, 0.717) is 11.7 Å². The van der Waals surface area contributed by atoms with Crippen LogP contribution in [-0.4, -0.2) is 48.6 Å². The van der Waals surface area contributed by atoms with Crippen LogP contribution in [0.5, 0.6) is 5.75 Å². The molecule has 0 saturated carbocycles. The molecule has 3 nitrogen and oxygen atoms in total. The number of phenolic OH excluding ortho intramolecular Hbond substituents is 1. The van der Waals surface area contributed by atoms with Gasteiger partial charge in [0, 0.05) is 31.2 Å². The molecule has 1 aromatic carbocycles. The molecule has 0 aliphatic heterocycles. The fourth-order valence-electron chi connectivity index (χ4n) is 2.45. The Morgan fingerprint density at radius 1 is 1.10 bits per heavy atom. The Labute approximate surface area is 124 Å². The molecule has 0 spiro atoms. The van der Waals surface area contributed by atoms with E-state index < -0.39 is 0 Å². The molecule has 0 radical (unpaired) electrons. The Balaban J connectivity index is 2.90. The lowest BCUT2D eigenvalue weighted by Gasteiger charge is -2.32. The maximum Gasteiger partial charge on any atom is 0.120 e. The molecule has 0 bridgehead atoms. The van der Waals surface area contributed by atoms with Crippen molar-refractivity contribution >= 4 is 0 Å². The van der Waals surface area contributed by atoms with Crippen molar-refractivity contribution in [3.63, 3.8) is 0 Å². The van der Waals surface area contributed by atoms with E-state index in [1.54, 1.807) is 6.07 Å². The van der Waals surface area contributed by atoms with E-state index in [4.69, 9.17) is 0 Å². The molecule has 0 heterocycles. The molecule has 0 amide bonds. The van der Waals surface area contributed by atoms with Crippen LogP contribution in [0.1, 0.15) is 37.9 Å². The number of hydrogen-bond acceptors (Lipinski definition) is 3. The Bertz CT molecular complexity index is 415. The molecular weight excluding hydrogens is 248 g/mol. The smallest absolute Gasteiger partial charge is 0.120 e. The second-order valence-electron chi connectivity index (χ2n) is 6.43. The Morgan fingerprint density at radius 3 is 2.30 bits per heavy atom. The van der Waals surface area contributed by atoms with Crippen LogP contribution in [0, 0.1) is 12.8 Å². The number of rotatable bonds is 7. The normalized spacial score (nSPS) is 13.4. The highest BCUT2D eigenvalue weighted by Crippen LogP contribution is 2.29. The molecule has 0 aliphatic carbocycles. The van der Waals surface area contributed by atoms with Gasteiger partial charge in [0.2, 0.25) is 0 Å². The van der Waals surface area contributed by atoms with Crippen molar-refractivity contribution in [2.24, 2.45) is 5.92 Å². The van der Waals surface area contributed by atoms with Crippen LogP contribution in [-0.2, 0) is 0 Å². The van der Waals surface area contributed by atoms with Gasteiger partial charge >= 0.3 is 0 Å². The minimum Gasteiger partial charge on any atom is -0.508 e. The van der Waals surface area contributed by atoms with Crippen LogP contribution in [0.4, 0.5) is 0 Å². The van der Waals surface area contributed by atoms with Crippen molar-refractivity contribution in [2.45, 2.75) is 33.7 Å². The van der Waals surface area contributed by atoms with E-state index in [-0.39, 0.29) is 6.04 Å². The van der Waals surface area contributed by atoms with Crippen LogP contribution in [0.25, 0.3) is 0 Å². The second-order valence-corrected chi connectivity index (χ2v) is 6.43. The molecule has 1 N–H and O–H groups in total. The van der Waals surface area contributed by atoms with Gasteiger partial charge in [-0.2, -0.15) is 0 Å². The highest BCUT2D eigenvalue weighted by Gasteiger charge is 2.19. The van der Waals surface area contributed by atoms with Crippen molar-refractivity contribution in [1.29, 1.82) is 0 Å². The number of likely N-dealkylation sites (N-methyl/N-ethyl adjacent to an activating group) is 1. The number of aryl methyl sites for hydroxylation is 1. The highest BCUT2D eigenvalue weighted by molar-refractivity contribution is 5.37. The summed E-state index contributed by atoms with van der Waals surface area (Å²) < 4.78 is 0. The van der Waals surface area contributed by atoms with Crippen molar-refractivity contribution < 1.29 is 5.11 Å². The summed E-state index contributed by atoms with van der Waals surface area (Å²) in [6.07, 6.45) is 0. The lowest BCUT2D eigenvalue weighted by Crippen LogP contribution is -2.36. The average molecular weight is 278 g/mol. The van der Waals surface area contributed by atoms with Gasteiger partial charge < -0.3 is 10.0 Å². The maximum absolute atomic E-state index is 10.1. The van der Waals surface area contributed by atoms with Gasteiger partial charge in [-0.1, -0.05) is 31.5 Å². The van der Waals surface area contributed by atoms with Gasteiger partial charge in [0.05, 0.1) is 0 Å². The van der Waals surface area contributed by atoms with Crippen LogP contribution >= 0.6 is 0 Å². The third kappa shape index (κ3) is 5.14. The number of hydrogen-bond donors (Lipinski definition) is 1. The number of phenols is 1. The van der Waals surface area contributed by atoms with Crippen LogP contribution in [0.3, 0.4) is 0 Å². The van der Waals surface area contributed by atoms with Gasteiger partial charge in [-0.25, -0.2) is 0 Å². The summed E-state index contributed by atoms with van der Waals surface area (Å²) in [5, 5.41) is 10.1. The number of nitrogens with zero attached hydrogens (tertiary/aromatic N) is 2. The first-order chi connectivity index (χ1) is 9.31. The first-order valence-electron chi connectivity index (χ1n) is 7.49. The number of benzene rings is 1. The van der Waals surface area contributed by atoms with E-state index in [9.17, 15) is 5.11 Å². The van der Waals surface area contributed by atoms with E-state index in [2.05, 4.69) is 57.7 Å². The summed E-state index contributed by atoms with van der Waals surface area (Å²) in [7, 11) is 4.20. The molecular formula is C17H30N2O. The molecule has 0 saturated heterocycles. The molecule has 0 fully saturated rings. The molecule has 20 heavy (non-hydrogen) atoms. The third-order valence-electron chi connectivity index (χ3n) is 3.61. The average Bonchev–Trinajstić information content (AvgIpc) is 2.36. The van der Waals surface area contributed by atoms with Gasteiger partial charge in [-0.15, -0.1) is 0 Å². The van der Waals surface area contributed by atoms with E-state index in [0.717, 1.165) is 25.2 Å². The SMILES string of the molecule is Cc1ccc(O)c(C(C)N(CCN(C)C)CC(C)C)c1. The maximum atomic E-state index is 10.1. The standard InChI is InChI=1S/C17H30N2O/c1-13(2)12-19(10-9-18(5)6)15(4)16-11-14(3)7-8-17(16)20/h7-8,11,13,15,20H,9-10,12H2,1-6H3. The van der Waals surface area contributed by atoms with Crippen molar-refractivity contribution in [1.82, 2.24) is 9.80 Å². The lowest BCUT2D eigenvalue weighted by molar-refractivity contribution is 0.168. The first kappa shape index (κ1) is 17.0. The summed E-state index contributed by atoms with van der Waals surface area (Å²) in [5.74, 6) is 1.02. The monoisotopic (exact) mass is 278 g/mol. The highest BCUT2D eigenvalue weighted by atomic mass is 16.3. The van der Waals surface area contributed by atoms with Gasteiger partial charge in [0.15, 0.2) is 0 Å². The lowest BCUT2D eigenvalue weighted by atomic mass is 10.0. The van der Waals surface area contributed by atoms with Gasteiger partial charge in [-0.05, 0) is 39.9 Å². The molecule has 3 heteroatoms. The summed E-state index contributed by atoms with van der Waals surface area (Å²) >= 11 is 0. The molecule has 1 aromatic rings. The van der Waals surface area contributed by atoms with Gasteiger partial charge in [-0.3, -0.25) is 4.90 Å². The predicted molar refractivity (Wildman–Crippen MR) is 86.2 cm³/mol. The summed E-state index contributed by atoms with van der Waals surface area (Å²) in [4.78, 5) is 4.66. The number of aromatic hydroxyl groups is 1. The molecule has 0 aliphatic rings. The zero-order chi connectivity index (χ0) is 15.3. The van der Waals surface area contributed by atoms with E-state index >= 15 is 0 Å².